The molecule has 2 aromatic rings. The molecule has 0 aliphatic heterocycles. The topological polar surface area (TPSA) is 57.6 Å². The van der Waals surface area contributed by atoms with E-state index in [1.807, 2.05) is 31.2 Å². The molecule has 5 heteroatoms. The Balaban J connectivity index is 2.43. The molecule has 1 unspecified atom stereocenters. The van der Waals surface area contributed by atoms with Gasteiger partial charge in [0.15, 0.2) is 0 Å². The van der Waals surface area contributed by atoms with Crippen LogP contribution >= 0.6 is 15.9 Å². The highest BCUT2D eigenvalue weighted by molar-refractivity contribution is 9.10. The second-order valence-corrected chi connectivity index (χ2v) is 5.13. The fourth-order valence-corrected chi connectivity index (χ4v) is 2.75. The van der Waals surface area contributed by atoms with Gasteiger partial charge in [-0.25, -0.2) is 0 Å². The summed E-state index contributed by atoms with van der Waals surface area (Å²) in [6, 6.07) is 7.21. The van der Waals surface area contributed by atoms with E-state index in [9.17, 15) is 0 Å². The van der Waals surface area contributed by atoms with Gasteiger partial charge in [0.2, 0.25) is 0 Å². The number of nitrogens with two attached hydrogens (primary N) is 1. The third kappa shape index (κ3) is 2.69. The van der Waals surface area contributed by atoms with Crippen LogP contribution in [0.1, 0.15) is 30.0 Å². The molecule has 0 saturated carbocycles. The van der Waals surface area contributed by atoms with E-state index >= 15 is 0 Å². The van der Waals surface area contributed by atoms with Crippen LogP contribution in [-0.4, -0.2) is 14.2 Å². The number of methoxy groups -OCH3 is 2. The maximum Gasteiger partial charge on any atom is 0.142 e. The van der Waals surface area contributed by atoms with E-state index < -0.39 is 0 Å². The van der Waals surface area contributed by atoms with Crippen molar-refractivity contribution in [3.05, 3.63) is 45.8 Å². The molecular weight excluding hydrogens is 322 g/mol. The summed E-state index contributed by atoms with van der Waals surface area (Å²) < 4.78 is 17.2. The predicted molar refractivity (Wildman–Crippen MR) is 81.4 cm³/mol. The highest BCUT2D eigenvalue weighted by Gasteiger charge is 2.21. The van der Waals surface area contributed by atoms with Crippen LogP contribution < -0.4 is 15.2 Å². The van der Waals surface area contributed by atoms with E-state index in [4.69, 9.17) is 19.6 Å². The van der Waals surface area contributed by atoms with E-state index in [1.165, 1.54) is 0 Å². The Morgan fingerprint density at radius 2 is 1.95 bits per heavy atom. The SMILES string of the molecule is CCc1ccc(C(N)c2ccc(OC)c(Br)c2OC)o1. The summed E-state index contributed by atoms with van der Waals surface area (Å²) in [7, 11) is 3.22. The summed E-state index contributed by atoms with van der Waals surface area (Å²) in [4.78, 5) is 0. The third-order valence-electron chi connectivity index (χ3n) is 3.19. The van der Waals surface area contributed by atoms with Crippen LogP contribution in [0.4, 0.5) is 0 Å². The van der Waals surface area contributed by atoms with Crippen molar-refractivity contribution < 1.29 is 13.9 Å². The van der Waals surface area contributed by atoms with Gasteiger partial charge in [0, 0.05) is 12.0 Å². The van der Waals surface area contributed by atoms with Crippen molar-refractivity contribution >= 4 is 15.9 Å². The average Bonchev–Trinajstić information content (AvgIpc) is 2.95. The van der Waals surface area contributed by atoms with Crippen molar-refractivity contribution in [3.63, 3.8) is 0 Å². The Bertz CT molecular complexity index is 595. The number of rotatable bonds is 5. The van der Waals surface area contributed by atoms with Gasteiger partial charge < -0.3 is 19.6 Å². The molecule has 0 fully saturated rings. The molecule has 108 valence electrons. The minimum absolute atomic E-state index is 0.382. The monoisotopic (exact) mass is 339 g/mol. The molecule has 0 amide bonds. The lowest BCUT2D eigenvalue weighted by Gasteiger charge is -2.17. The molecule has 1 heterocycles. The molecule has 0 aliphatic rings. The molecule has 1 aromatic heterocycles. The zero-order chi connectivity index (χ0) is 14.7. The molecule has 0 aliphatic carbocycles. The van der Waals surface area contributed by atoms with Crippen LogP contribution in [0.5, 0.6) is 11.5 Å². The number of aryl methyl sites for hydroxylation is 1. The Morgan fingerprint density at radius 1 is 1.20 bits per heavy atom. The molecule has 0 saturated heterocycles. The maximum absolute atomic E-state index is 6.29. The first-order valence-corrected chi connectivity index (χ1v) is 7.16. The Labute approximate surface area is 127 Å². The molecule has 0 radical (unpaired) electrons. The van der Waals surface area contributed by atoms with Crippen LogP contribution in [0.2, 0.25) is 0 Å². The van der Waals surface area contributed by atoms with E-state index in [2.05, 4.69) is 15.9 Å². The lowest BCUT2D eigenvalue weighted by atomic mass is 10.0. The predicted octanol–water partition coefficient (Wildman–Crippen LogP) is 3.67. The summed E-state index contributed by atoms with van der Waals surface area (Å²) >= 11 is 3.48. The minimum atomic E-state index is -0.382. The van der Waals surface area contributed by atoms with Crippen molar-refractivity contribution in [2.45, 2.75) is 19.4 Å². The summed E-state index contributed by atoms with van der Waals surface area (Å²) in [6.45, 7) is 2.04. The molecule has 0 bridgehead atoms. The summed E-state index contributed by atoms with van der Waals surface area (Å²) in [5.74, 6) is 3.00. The molecule has 2 N–H and O–H groups in total. The second kappa shape index (κ2) is 6.33. The van der Waals surface area contributed by atoms with Gasteiger partial charge in [-0.3, -0.25) is 0 Å². The van der Waals surface area contributed by atoms with Gasteiger partial charge in [0.25, 0.3) is 0 Å². The first-order chi connectivity index (χ1) is 9.62. The van der Waals surface area contributed by atoms with Crippen molar-refractivity contribution in [2.75, 3.05) is 14.2 Å². The first-order valence-electron chi connectivity index (χ1n) is 6.36. The Morgan fingerprint density at radius 3 is 2.50 bits per heavy atom. The van der Waals surface area contributed by atoms with Gasteiger partial charge in [-0.15, -0.1) is 0 Å². The van der Waals surface area contributed by atoms with E-state index in [-0.39, 0.29) is 6.04 Å². The third-order valence-corrected chi connectivity index (χ3v) is 3.94. The first kappa shape index (κ1) is 14.9. The molecule has 4 nitrogen and oxygen atoms in total. The van der Waals surface area contributed by atoms with Gasteiger partial charge in [0.1, 0.15) is 27.5 Å². The second-order valence-electron chi connectivity index (χ2n) is 4.34. The number of hydrogen-bond acceptors (Lipinski definition) is 4. The summed E-state index contributed by atoms with van der Waals surface area (Å²) in [5.41, 5.74) is 7.13. The fourth-order valence-electron chi connectivity index (χ4n) is 2.07. The van der Waals surface area contributed by atoms with Gasteiger partial charge in [-0.05, 0) is 40.2 Å². The number of halogens is 1. The Kier molecular flexibility index (Phi) is 4.73. The van der Waals surface area contributed by atoms with Gasteiger partial charge in [0.05, 0.1) is 20.3 Å². The lowest BCUT2D eigenvalue weighted by molar-refractivity contribution is 0.381. The Hall–Kier alpha value is -1.46. The fraction of sp³-hybridized carbons (Fsp3) is 0.333. The van der Waals surface area contributed by atoms with Crippen LogP contribution in [0.25, 0.3) is 0 Å². The van der Waals surface area contributed by atoms with Gasteiger partial charge >= 0.3 is 0 Å². The van der Waals surface area contributed by atoms with Gasteiger partial charge in [-0.2, -0.15) is 0 Å². The molecule has 0 spiro atoms. The van der Waals surface area contributed by atoms with Crippen molar-refractivity contribution in [3.8, 4) is 11.5 Å². The van der Waals surface area contributed by atoms with Crippen molar-refractivity contribution in [2.24, 2.45) is 5.73 Å². The molecule has 1 aromatic carbocycles. The molecule has 2 rings (SSSR count). The van der Waals surface area contributed by atoms with E-state index in [1.54, 1.807) is 14.2 Å². The summed E-state index contributed by atoms with van der Waals surface area (Å²) in [5, 5.41) is 0. The number of hydrogen-bond donors (Lipinski definition) is 1. The quantitative estimate of drug-likeness (QED) is 0.902. The maximum atomic E-state index is 6.29. The van der Waals surface area contributed by atoms with Crippen molar-refractivity contribution in [1.29, 1.82) is 0 Å². The van der Waals surface area contributed by atoms with E-state index in [0.717, 1.165) is 28.0 Å². The van der Waals surface area contributed by atoms with Crippen molar-refractivity contribution in [1.82, 2.24) is 0 Å². The van der Waals surface area contributed by atoms with Crippen LogP contribution in [-0.2, 0) is 6.42 Å². The zero-order valence-corrected chi connectivity index (χ0v) is 13.4. The number of ether oxygens (including phenoxy) is 2. The zero-order valence-electron chi connectivity index (χ0n) is 11.8. The lowest BCUT2D eigenvalue weighted by Crippen LogP contribution is -2.12. The smallest absolute Gasteiger partial charge is 0.142 e. The molecular formula is C15H18BrNO3. The highest BCUT2D eigenvalue weighted by atomic mass is 79.9. The normalized spacial score (nSPS) is 12.2. The number of benzene rings is 1. The summed E-state index contributed by atoms with van der Waals surface area (Å²) in [6.07, 6.45) is 0.843. The minimum Gasteiger partial charge on any atom is -0.495 e. The van der Waals surface area contributed by atoms with Crippen LogP contribution in [0.15, 0.2) is 33.2 Å². The average molecular weight is 340 g/mol. The molecule has 1 atom stereocenters. The standard InChI is InChI=1S/C15H18BrNO3/c1-4-9-5-7-12(20-9)14(17)10-6-8-11(18-2)13(16)15(10)19-3/h5-8,14H,4,17H2,1-3H3. The van der Waals surface area contributed by atoms with Crippen LogP contribution in [0.3, 0.4) is 0 Å². The van der Waals surface area contributed by atoms with Crippen LogP contribution in [0, 0.1) is 0 Å². The largest absolute Gasteiger partial charge is 0.495 e. The molecule has 20 heavy (non-hydrogen) atoms. The highest BCUT2D eigenvalue weighted by Crippen LogP contribution is 2.40. The van der Waals surface area contributed by atoms with E-state index in [0.29, 0.717) is 11.5 Å². The van der Waals surface area contributed by atoms with Gasteiger partial charge in [-0.1, -0.05) is 6.92 Å². The number of furan rings is 1.